The first-order valence-electron chi connectivity index (χ1n) is 5.34. The van der Waals surface area contributed by atoms with Gasteiger partial charge in [0.05, 0.1) is 17.1 Å². The van der Waals surface area contributed by atoms with Gasteiger partial charge < -0.3 is 11.1 Å². The second-order valence-corrected chi connectivity index (χ2v) is 3.98. The maximum atomic E-state index is 12.9. The maximum Gasteiger partial charge on any atom is 0.273 e. The van der Waals surface area contributed by atoms with Crippen LogP contribution in [0.25, 0.3) is 0 Å². The average Bonchev–Trinajstić information content (AvgIpc) is 2.62. The van der Waals surface area contributed by atoms with Crippen molar-refractivity contribution < 1.29 is 9.18 Å². The van der Waals surface area contributed by atoms with E-state index in [0.717, 1.165) is 11.8 Å². The summed E-state index contributed by atoms with van der Waals surface area (Å²) in [5, 5.41) is 6.69. The summed E-state index contributed by atoms with van der Waals surface area (Å²) in [4.78, 5) is 12.0. The van der Waals surface area contributed by atoms with E-state index in [-0.39, 0.29) is 11.6 Å². The Hall–Kier alpha value is -2.37. The minimum absolute atomic E-state index is 0.183. The number of nitrogens with two attached hydrogens (primary N) is 1. The third-order valence-electron chi connectivity index (χ3n) is 2.50. The lowest BCUT2D eigenvalue weighted by molar-refractivity contribution is 0.101. The maximum absolute atomic E-state index is 12.9. The van der Waals surface area contributed by atoms with Crippen LogP contribution in [-0.4, -0.2) is 15.7 Å². The number of anilines is 2. The Kier molecular flexibility index (Phi) is 3.01. The van der Waals surface area contributed by atoms with Crippen molar-refractivity contribution in [2.45, 2.75) is 6.92 Å². The molecule has 0 atom stereocenters. The molecule has 3 N–H and O–H groups in total. The number of nitrogen functional groups attached to an aromatic ring is 1. The minimum atomic E-state index is -0.443. The van der Waals surface area contributed by atoms with Crippen LogP contribution in [0.4, 0.5) is 15.8 Å². The number of hydrogen-bond donors (Lipinski definition) is 2. The van der Waals surface area contributed by atoms with Crippen molar-refractivity contribution >= 4 is 17.3 Å². The van der Waals surface area contributed by atoms with E-state index in [1.807, 2.05) is 0 Å². The first-order chi connectivity index (χ1) is 8.47. The van der Waals surface area contributed by atoms with Gasteiger partial charge in [-0.15, -0.1) is 0 Å². The fourth-order valence-electron chi connectivity index (χ4n) is 1.66. The van der Waals surface area contributed by atoms with Crippen LogP contribution in [0.15, 0.2) is 24.3 Å². The van der Waals surface area contributed by atoms with Gasteiger partial charge in [0.2, 0.25) is 0 Å². The highest BCUT2D eigenvalue weighted by Crippen LogP contribution is 2.19. The highest BCUT2D eigenvalue weighted by Gasteiger charge is 2.13. The summed E-state index contributed by atoms with van der Waals surface area (Å²) in [5.41, 5.74) is 7.33. The van der Waals surface area contributed by atoms with Gasteiger partial charge in [-0.25, -0.2) is 4.39 Å². The van der Waals surface area contributed by atoms with Gasteiger partial charge in [-0.05, 0) is 31.2 Å². The van der Waals surface area contributed by atoms with Gasteiger partial charge in [-0.2, -0.15) is 5.10 Å². The van der Waals surface area contributed by atoms with Crippen LogP contribution in [0.5, 0.6) is 0 Å². The number of aromatic nitrogens is 2. The summed E-state index contributed by atoms with van der Waals surface area (Å²) in [6, 6.07) is 5.48. The Bertz CT molecular complexity index is 606. The van der Waals surface area contributed by atoms with Crippen LogP contribution in [0, 0.1) is 12.7 Å². The van der Waals surface area contributed by atoms with E-state index in [9.17, 15) is 9.18 Å². The third-order valence-corrected chi connectivity index (χ3v) is 2.50. The number of halogens is 1. The molecule has 0 bridgehead atoms. The molecule has 1 aromatic carbocycles. The molecular weight excluding hydrogens is 235 g/mol. The van der Waals surface area contributed by atoms with Crippen LogP contribution in [0.3, 0.4) is 0 Å². The molecule has 2 aromatic rings. The largest absolute Gasteiger partial charge is 0.397 e. The zero-order valence-corrected chi connectivity index (χ0v) is 10.1. The SMILES string of the molecule is Cc1cc(C(=O)Nc2ccc(F)cc2N)n(C)n1. The summed E-state index contributed by atoms with van der Waals surface area (Å²) in [6.45, 7) is 1.79. The Morgan fingerprint density at radius 1 is 1.44 bits per heavy atom. The monoisotopic (exact) mass is 248 g/mol. The normalized spacial score (nSPS) is 10.4. The lowest BCUT2D eigenvalue weighted by Crippen LogP contribution is -2.17. The highest BCUT2D eigenvalue weighted by atomic mass is 19.1. The molecule has 0 radical (unpaired) electrons. The number of nitrogens with zero attached hydrogens (tertiary/aromatic N) is 2. The van der Waals surface area contributed by atoms with Crippen molar-refractivity contribution in [2.75, 3.05) is 11.1 Å². The lowest BCUT2D eigenvalue weighted by Gasteiger charge is -2.08. The van der Waals surface area contributed by atoms with Gasteiger partial charge in [0, 0.05) is 7.05 Å². The second kappa shape index (κ2) is 4.48. The molecule has 0 aliphatic rings. The van der Waals surface area contributed by atoms with E-state index >= 15 is 0 Å². The molecule has 0 fully saturated rings. The summed E-state index contributed by atoms with van der Waals surface area (Å²) < 4.78 is 14.3. The molecule has 1 aromatic heterocycles. The lowest BCUT2D eigenvalue weighted by atomic mass is 10.2. The molecule has 0 saturated heterocycles. The first-order valence-corrected chi connectivity index (χ1v) is 5.34. The highest BCUT2D eigenvalue weighted by molar-refractivity contribution is 6.04. The zero-order valence-electron chi connectivity index (χ0n) is 10.1. The fraction of sp³-hybridized carbons (Fsp3) is 0.167. The molecule has 1 heterocycles. The smallest absolute Gasteiger partial charge is 0.273 e. The average molecular weight is 248 g/mol. The summed E-state index contributed by atoms with van der Waals surface area (Å²) in [6.07, 6.45) is 0. The molecular formula is C12H13FN4O. The fourth-order valence-corrected chi connectivity index (χ4v) is 1.66. The third kappa shape index (κ3) is 2.32. The molecule has 1 amide bonds. The Labute approximate surface area is 103 Å². The predicted molar refractivity (Wildman–Crippen MR) is 66.7 cm³/mol. The van der Waals surface area contributed by atoms with Gasteiger partial charge in [-0.1, -0.05) is 0 Å². The topological polar surface area (TPSA) is 72.9 Å². The van der Waals surface area contributed by atoms with E-state index < -0.39 is 5.82 Å². The number of nitrogens with one attached hydrogen (secondary N) is 1. The summed E-state index contributed by atoms with van der Waals surface area (Å²) in [7, 11) is 1.68. The number of amides is 1. The molecule has 5 nitrogen and oxygen atoms in total. The number of carbonyl (C=O) groups excluding carboxylic acids is 1. The molecule has 0 aliphatic carbocycles. The number of benzene rings is 1. The van der Waals surface area contributed by atoms with Gasteiger partial charge in [0.25, 0.3) is 5.91 Å². The predicted octanol–water partition coefficient (Wildman–Crippen LogP) is 1.70. The molecule has 2 rings (SSSR count). The number of aryl methyl sites for hydroxylation is 2. The van der Waals surface area contributed by atoms with Crippen molar-refractivity contribution in [3.8, 4) is 0 Å². The van der Waals surface area contributed by atoms with Crippen LogP contribution in [-0.2, 0) is 7.05 Å². The van der Waals surface area contributed by atoms with Crippen molar-refractivity contribution in [3.05, 3.63) is 41.5 Å². The Morgan fingerprint density at radius 3 is 2.72 bits per heavy atom. The van der Waals surface area contributed by atoms with Crippen LogP contribution >= 0.6 is 0 Å². The molecule has 0 spiro atoms. The van der Waals surface area contributed by atoms with Gasteiger partial charge >= 0.3 is 0 Å². The standard InChI is InChI=1S/C12H13FN4O/c1-7-5-11(17(2)16-7)12(18)15-10-4-3-8(13)6-9(10)14/h3-6H,14H2,1-2H3,(H,15,18). The zero-order chi connectivity index (χ0) is 13.3. The van der Waals surface area contributed by atoms with E-state index in [2.05, 4.69) is 10.4 Å². The van der Waals surface area contributed by atoms with Crippen LogP contribution in [0.1, 0.15) is 16.2 Å². The number of hydrogen-bond acceptors (Lipinski definition) is 3. The molecule has 0 saturated carbocycles. The first kappa shape index (κ1) is 12.1. The van der Waals surface area contributed by atoms with E-state index in [0.29, 0.717) is 11.4 Å². The van der Waals surface area contributed by atoms with Crippen LogP contribution < -0.4 is 11.1 Å². The Morgan fingerprint density at radius 2 is 2.17 bits per heavy atom. The van der Waals surface area contributed by atoms with Crippen LogP contribution in [0.2, 0.25) is 0 Å². The summed E-state index contributed by atoms with van der Waals surface area (Å²) >= 11 is 0. The van der Waals surface area contributed by atoms with Crippen molar-refractivity contribution in [3.63, 3.8) is 0 Å². The number of carbonyl (C=O) groups is 1. The number of rotatable bonds is 2. The summed E-state index contributed by atoms with van der Waals surface area (Å²) in [5.74, 6) is -0.779. The minimum Gasteiger partial charge on any atom is -0.397 e. The second-order valence-electron chi connectivity index (χ2n) is 3.98. The van der Waals surface area contributed by atoms with E-state index in [4.69, 9.17) is 5.73 Å². The quantitative estimate of drug-likeness (QED) is 0.794. The molecule has 18 heavy (non-hydrogen) atoms. The Balaban J connectivity index is 2.24. The molecule has 6 heteroatoms. The molecule has 0 unspecified atom stereocenters. The molecule has 0 aliphatic heterocycles. The van der Waals surface area contributed by atoms with Crippen molar-refractivity contribution in [1.29, 1.82) is 0 Å². The molecule has 94 valence electrons. The van der Waals surface area contributed by atoms with E-state index in [1.54, 1.807) is 20.0 Å². The van der Waals surface area contributed by atoms with Gasteiger partial charge in [-0.3, -0.25) is 9.48 Å². The van der Waals surface area contributed by atoms with Gasteiger partial charge in [0.1, 0.15) is 11.5 Å². The van der Waals surface area contributed by atoms with Crippen molar-refractivity contribution in [1.82, 2.24) is 9.78 Å². The van der Waals surface area contributed by atoms with E-state index in [1.165, 1.54) is 16.8 Å². The van der Waals surface area contributed by atoms with Gasteiger partial charge in [0.15, 0.2) is 0 Å². The van der Waals surface area contributed by atoms with Crippen molar-refractivity contribution in [2.24, 2.45) is 7.05 Å².